The zero-order valence-electron chi connectivity index (χ0n) is 8.73. The van der Waals surface area contributed by atoms with Gasteiger partial charge < -0.3 is 9.73 Å². The topological polar surface area (TPSA) is 74.5 Å². The molecule has 1 atom stereocenters. The largest absolute Gasteiger partial charge is 0.459 e. The Morgan fingerprint density at radius 3 is 2.88 bits per heavy atom. The molecule has 3 N–H and O–H groups in total. The lowest BCUT2D eigenvalue weighted by Crippen LogP contribution is -2.34. The molecule has 1 unspecified atom stereocenters. The Hall–Kier alpha value is -2.01. The lowest BCUT2D eigenvalue weighted by atomic mass is 10.2. The van der Waals surface area contributed by atoms with Crippen molar-refractivity contribution in [3.05, 3.63) is 36.1 Å². The minimum Gasteiger partial charge on any atom is -0.459 e. The number of carbonyl (C=O) groups is 1. The highest BCUT2D eigenvalue weighted by atomic mass is 16.5. The van der Waals surface area contributed by atoms with Crippen molar-refractivity contribution in [1.82, 2.24) is 10.8 Å². The zero-order chi connectivity index (χ0) is 11.5. The first-order valence-electron chi connectivity index (χ1n) is 4.90. The molecule has 0 aliphatic carbocycles. The van der Waals surface area contributed by atoms with Crippen molar-refractivity contribution in [2.75, 3.05) is 0 Å². The molecule has 0 bridgehead atoms. The molecule has 0 spiro atoms. The molecule has 5 nitrogen and oxygen atoms in total. The SMILES string of the molecule is CC(NC(=O)NO)c1cc2ccccc2o1. The van der Waals surface area contributed by atoms with E-state index >= 15 is 0 Å². The van der Waals surface area contributed by atoms with E-state index < -0.39 is 6.03 Å². The normalized spacial score (nSPS) is 12.4. The van der Waals surface area contributed by atoms with E-state index in [1.54, 1.807) is 6.92 Å². The number of rotatable bonds is 2. The molecule has 1 heterocycles. The second kappa shape index (κ2) is 4.24. The minimum atomic E-state index is -0.659. The number of para-hydroxylation sites is 1. The molecule has 0 aliphatic heterocycles. The summed E-state index contributed by atoms with van der Waals surface area (Å²) < 4.78 is 5.55. The zero-order valence-corrected chi connectivity index (χ0v) is 8.73. The summed E-state index contributed by atoms with van der Waals surface area (Å²) in [7, 11) is 0. The number of benzene rings is 1. The van der Waals surface area contributed by atoms with Crippen LogP contribution in [0.2, 0.25) is 0 Å². The molecule has 2 aromatic rings. The van der Waals surface area contributed by atoms with Crippen LogP contribution in [0.15, 0.2) is 34.7 Å². The van der Waals surface area contributed by atoms with Crippen molar-refractivity contribution < 1.29 is 14.4 Å². The number of fused-ring (bicyclic) bond motifs is 1. The Morgan fingerprint density at radius 1 is 1.44 bits per heavy atom. The van der Waals surface area contributed by atoms with Crippen LogP contribution in [-0.4, -0.2) is 11.2 Å². The first kappa shape index (κ1) is 10.5. The van der Waals surface area contributed by atoms with Crippen molar-refractivity contribution in [2.45, 2.75) is 13.0 Å². The number of urea groups is 1. The van der Waals surface area contributed by atoms with Gasteiger partial charge in [-0.1, -0.05) is 18.2 Å². The van der Waals surface area contributed by atoms with E-state index in [9.17, 15) is 4.79 Å². The van der Waals surface area contributed by atoms with Gasteiger partial charge in [0, 0.05) is 5.39 Å². The highest BCUT2D eigenvalue weighted by Crippen LogP contribution is 2.23. The van der Waals surface area contributed by atoms with E-state index in [0.29, 0.717) is 5.76 Å². The van der Waals surface area contributed by atoms with Crippen molar-refractivity contribution in [3.63, 3.8) is 0 Å². The number of carbonyl (C=O) groups excluding carboxylic acids is 1. The Morgan fingerprint density at radius 2 is 2.19 bits per heavy atom. The number of amides is 2. The molecule has 1 aromatic carbocycles. The van der Waals surface area contributed by atoms with E-state index in [2.05, 4.69) is 5.32 Å². The standard InChI is InChI=1S/C11H12N2O3/c1-7(12-11(14)13-15)10-6-8-4-2-3-5-9(8)16-10/h2-7,15H,1H3,(H2,12,13,14). The Bertz CT molecular complexity index is 474. The predicted octanol–water partition coefficient (Wildman–Crippen LogP) is 2.18. The maximum absolute atomic E-state index is 10.9. The summed E-state index contributed by atoms with van der Waals surface area (Å²) in [4.78, 5) is 10.9. The van der Waals surface area contributed by atoms with Crippen LogP contribution < -0.4 is 10.8 Å². The highest BCUT2D eigenvalue weighted by Gasteiger charge is 2.13. The summed E-state index contributed by atoms with van der Waals surface area (Å²) in [6.45, 7) is 1.77. The summed E-state index contributed by atoms with van der Waals surface area (Å²) >= 11 is 0. The first-order chi connectivity index (χ1) is 7.70. The highest BCUT2D eigenvalue weighted by molar-refractivity contribution is 5.78. The van der Waals surface area contributed by atoms with Crippen LogP contribution in [-0.2, 0) is 0 Å². The van der Waals surface area contributed by atoms with Gasteiger partial charge in [-0.05, 0) is 19.1 Å². The Kier molecular flexibility index (Phi) is 2.78. The fraction of sp³-hybridized carbons (Fsp3) is 0.182. The second-order valence-electron chi connectivity index (χ2n) is 3.49. The monoisotopic (exact) mass is 220 g/mol. The number of hydrogen-bond acceptors (Lipinski definition) is 3. The van der Waals surface area contributed by atoms with Crippen LogP contribution in [0.25, 0.3) is 11.0 Å². The smallest absolute Gasteiger partial charge is 0.339 e. The third-order valence-corrected chi connectivity index (χ3v) is 2.32. The average Bonchev–Trinajstić information content (AvgIpc) is 2.72. The predicted molar refractivity (Wildman–Crippen MR) is 58.1 cm³/mol. The fourth-order valence-electron chi connectivity index (χ4n) is 1.52. The van der Waals surface area contributed by atoms with E-state index in [0.717, 1.165) is 11.0 Å². The Labute approximate surface area is 92.0 Å². The molecule has 0 aliphatic rings. The summed E-state index contributed by atoms with van der Waals surface area (Å²) in [5, 5.41) is 11.9. The maximum Gasteiger partial charge on any atom is 0.339 e. The van der Waals surface area contributed by atoms with Gasteiger partial charge >= 0.3 is 6.03 Å². The first-order valence-corrected chi connectivity index (χ1v) is 4.90. The molecule has 5 heteroatoms. The number of furan rings is 1. The van der Waals surface area contributed by atoms with Gasteiger partial charge in [0.1, 0.15) is 11.3 Å². The molecule has 1 aromatic heterocycles. The summed E-state index contributed by atoms with van der Waals surface area (Å²) in [6, 6.07) is 8.48. The number of hydroxylamine groups is 1. The third-order valence-electron chi connectivity index (χ3n) is 2.32. The van der Waals surface area contributed by atoms with Crippen molar-refractivity contribution in [2.24, 2.45) is 0 Å². The van der Waals surface area contributed by atoms with E-state index in [1.165, 1.54) is 5.48 Å². The van der Waals surface area contributed by atoms with E-state index in [-0.39, 0.29) is 6.04 Å². The number of hydrogen-bond donors (Lipinski definition) is 3. The molecule has 0 saturated carbocycles. The van der Waals surface area contributed by atoms with Crippen LogP contribution in [0.1, 0.15) is 18.7 Å². The van der Waals surface area contributed by atoms with E-state index in [4.69, 9.17) is 9.62 Å². The Balaban J connectivity index is 2.23. The third kappa shape index (κ3) is 1.99. The van der Waals surface area contributed by atoms with Crippen LogP contribution in [0, 0.1) is 0 Å². The van der Waals surface area contributed by atoms with Crippen LogP contribution >= 0.6 is 0 Å². The molecular weight excluding hydrogens is 208 g/mol. The quantitative estimate of drug-likeness (QED) is 0.536. The molecule has 0 saturated heterocycles. The molecule has 0 radical (unpaired) electrons. The van der Waals surface area contributed by atoms with Gasteiger partial charge in [-0.2, -0.15) is 0 Å². The van der Waals surface area contributed by atoms with Gasteiger partial charge in [0.15, 0.2) is 0 Å². The molecule has 0 fully saturated rings. The molecule has 16 heavy (non-hydrogen) atoms. The number of nitrogens with one attached hydrogen (secondary N) is 2. The lowest BCUT2D eigenvalue weighted by molar-refractivity contribution is 0.158. The van der Waals surface area contributed by atoms with Crippen molar-refractivity contribution in [1.29, 1.82) is 0 Å². The van der Waals surface area contributed by atoms with E-state index in [1.807, 2.05) is 30.3 Å². The van der Waals surface area contributed by atoms with Gasteiger partial charge in [-0.15, -0.1) is 0 Å². The van der Waals surface area contributed by atoms with Gasteiger partial charge in [0.05, 0.1) is 6.04 Å². The molecule has 84 valence electrons. The van der Waals surface area contributed by atoms with Crippen molar-refractivity contribution >= 4 is 17.0 Å². The van der Waals surface area contributed by atoms with Crippen LogP contribution in [0.4, 0.5) is 4.79 Å². The summed E-state index contributed by atoms with van der Waals surface area (Å²) in [5.74, 6) is 0.643. The van der Waals surface area contributed by atoms with Crippen LogP contribution in [0.5, 0.6) is 0 Å². The van der Waals surface area contributed by atoms with Gasteiger partial charge in [0.25, 0.3) is 0 Å². The fourth-order valence-corrected chi connectivity index (χ4v) is 1.52. The lowest BCUT2D eigenvalue weighted by Gasteiger charge is -2.09. The van der Waals surface area contributed by atoms with Gasteiger partial charge in [-0.3, -0.25) is 5.21 Å². The van der Waals surface area contributed by atoms with Crippen molar-refractivity contribution in [3.8, 4) is 0 Å². The molecule has 2 amide bonds. The van der Waals surface area contributed by atoms with Crippen LogP contribution in [0.3, 0.4) is 0 Å². The summed E-state index contributed by atoms with van der Waals surface area (Å²) in [6.07, 6.45) is 0. The molecular formula is C11H12N2O3. The average molecular weight is 220 g/mol. The van der Waals surface area contributed by atoms with Gasteiger partial charge in [0.2, 0.25) is 0 Å². The molecule has 2 rings (SSSR count). The van der Waals surface area contributed by atoms with Gasteiger partial charge in [-0.25, -0.2) is 10.3 Å². The second-order valence-corrected chi connectivity index (χ2v) is 3.49. The minimum absolute atomic E-state index is 0.306. The maximum atomic E-state index is 10.9. The summed E-state index contributed by atoms with van der Waals surface area (Å²) in [5.41, 5.74) is 2.28.